The third-order valence-electron chi connectivity index (χ3n) is 3.46. The van der Waals surface area contributed by atoms with Crippen molar-refractivity contribution < 1.29 is 0 Å². The molecule has 0 radical (unpaired) electrons. The molecule has 2 aromatic rings. The highest BCUT2D eigenvalue weighted by Crippen LogP contribution is 2.39. The van der Waals surface area contributed by atoms with Gasteiger partial charge in [0.05, 0.1) is 5.54 Å². The van der Waals surface area contributed by atoms with Gasteiger partial charge in [-0.15, -0.1) is 0 Å². The fourth-order valence-electron chi connectivity index (χ4n) is 2.57. The molecule has 0 saturated heterocycles. The zero-order valence-electron chi connectivity index (χ0n) is 9.06. The monoisotopic (exact) mass is 210 g/mol. The van der Waals surface area contributed by atoms with Crippen LogP contribution in [-0.4, -0.2) is 4.98 Å². The van der Waals surface area contributed by atoms with Gasteiger partial charge in [0.2, 0.25) is 0 Å². The predicted octanol–water partition coefficient (Wildman–Crippen LogP) is 2.23. The lowest BCUT2D eigenvalue weighted by molar-refractivity contribution is 0.533. The Balaban J connectivity index is 2.15. The maximum atomic E-state index is 6.55. The molecule has 0 bridgehead atoms. The topological polar surface area (TPSA) is 38.9 Å². The van der Waals surface area contributed by atoms with E-state index in [0.29, 0.717) is 0 Å². The minimum Gasteiger partial charge on any atom is -0.318 e. The van der Waals surface area contributed by atoms with Gasteiger partial charge in [0.15, 0.2) is 0 Å². The summed E-state index contributed by atoms with van der Waals surface area (Å²) in [6, 6.07) is 12.4. The van der Waals surface area contributed by atoms with Crippen LogP contribution >= 0.6 is 0 Å². The standard InChI is InChI=1S/C14H14N2/c15-14(12-5-3-9-16-10-12)8-7-11-4-1-2-6-13(11)14/h1-6,9-10H,7-8,15H2. The van der Waals surface area contributed by atoms with Gasteiger partial charge in [-0.25, -0.2) is 0 Å². The molecule has 0 saturated carbocycles. The molecule has 0 spiro atoms. The van der Waals surface area contributed by atoms with E-state index in [1.165, 1.54) is 11.1 Å². The van der Waals surface area contributed by atoms with E-state index in [9.17, 15) is 0 Å². The van der Waals surface area contributed by atoms with Crippen LogP contribution in [0.1, 0.15) is 23.1 Å². The smallest absolute Gasteiger partial charge is 0.0686 e. The molecule has 2 N–H and O–H groups in total. The van der Waals surface area contributed by atoms with Gasteiger partial charge < -0.3 is 5.73 Å². The zero-order chi connectivity index (χ0) is 11.0. The van der Waals surface area contributed by atoms with Crippen molar-refractivity contribution in [3.05, 3.63) is 65.5 Å². The van der Waals surface area contributed by atoms with Crippen LogP contribution < -0.4 is 5.73 Å². The first-order chi connectivity index (χ1) is 7.81. The Hall–Kier alpha value is -1.67. The first kappa shape index (κ1) is 9.55. The van der Waals surface area contributed by atoms with Crippen molar-refractivity contribution in [2.24, 2.45) is 5.73 Å². The van der Waals surface area contributed by atoms with Gasteiger partial charge in [-0.1, -0.05) is 30.3 Å². The molecular weight excluding hydrogens is 196 g/mol. The van der Waals surface area contributed by atoms with Crippen molar-refractivity contribution in [2.45, 2.75) is 18.4 Å². The molecule has 80 valence electrons. The van der Waals surface area contributed by atoms with Crippen LogP contribution in [0.5, 0.6) is 0 Å². The Kier molecular flexibility index (Phi) is 2.04. The SMILES string of the molecule is NC1(c2cccnc2)CCc2ccccc21. The summed E-state index contributed by atoms with van der Waals surface area (Å²) in [6.07, 6.45) is 5.69. The first-order valence-electron chi connectivity index (χ1n) is 5.58. The molecule has 1 unspecified atom stereocenters. The molecule has 3 rings (SSSR count). The number of benzene rings is 1. The summed E-state index contributed by atoms with van der Waals surface area (Å²) >= 11 is 0. The van der Waals surface area contributed by atoms with E-state index in [1.807, 2.05) is 12.3 Å². The molecule has 1 aliphatic rings. The Labute approximate surface area is 95.1 Å². The highest BCUT2D eigenvalue weighted by atomic mass is 14.8. The molecule has 2 nitrogen and oxygen atoms in total. The number of hydrogen-bond donors (Lipinski definition) is 1. The Morgan fingerprint density at radius 3 is 2.81 bits per heavy atom. The van der Waals surface area contributed by atoms with Crippen molar-refractivity contribution in [2.75, 3.05) is 0 Å². The van der Waals surface area contributed by atoms with Crippen molar-refractivity contribution >= 4 is 0 Å². The molecule has 0 fully saturated rings. The van der Waals surface area contributed by atoms with E-state index in [-0.39, 0.29) is 5.54 Å². The number of rotatable bonds is 1. The maximum absolute atomic E-state index is 6.55. The third kappa shape index (κ3) is 1.27. The van der Waals surface area contributed by atoms with Gasteiger partial charge in [0, 0.05) is 12.4 Å². The number of fused-ring (bicyclic) bond motifs is 1. The van der Waals surface area contributed by atoms with Crippen LogP contribution in [0.3, 0.4) is 0 Å². The Morgan fingerprint density at radius 2 is 2.00 bits per heavy atom. The molecule has 0 amide bonds. The summed E-state index contributed by atoms with van der Waals surface area (Å²) in [5, 5.41) is 0. The lowest BCUT2D eigenvalue weighted by Crippen LogP contribution is -2.35. The van der Waals surface area contributed by atoms with Gasteiger partial charge in [-0.2, -0.15) is 0 Å². The van der Waals surface area contributed by atoms with E-state index in [2.05, 4.69) is 35.3 Å². The van der Waals surface area contributed by atoms with Crippen molar-refractivity contribution in [1.82, 2.24) is 4.98 Å². The number of nitrogens with two attached hydrogens (primary N) is 1. The first-order valence-corrected chi connectivity index (χ1v) is 5.58. The quantitative estimate of drug-likeness (QED) is 0.784. The van der Waals surface area contributed by atoms with Crippen LogP contribution in [-0.2, 0) is 12.0 Å². The van der Waals surface area contributed by atoms with Gasteiger partial charge >= 0.3 is 0 Å². The summed E-state index contributed by atoms with van der Waals surface area (Å²) in [5.74, 6) is 0. The normalized spacial score (nSPS) is 23.1. The fraction of sp³-hybridized carbons (Fsp3) is 0.214. The molecule has 1 aromatic carbocycles. The van der Waals surface area contributed by atoms with Gasteiger partial charge in [0.25, 0.3) is 0 Å². The zero-order valence-corrected chi connectivity index (χ0v) is 9.06. The summed E-state index contributed by atoms with van der Waals surface area (Å²) in [7, 11) is 0. The number of aryl methyl sites for hydroxylation is 1. The van der Waals surface area contributed by atoms with E-state index < -0.39 is 0 Å². The predicted molar refractivity (Wildman–Crippen MR) is 64.0 cm³/mol. The van der Waals surface area contributed by atoms with E-state index in [4.69, 9.17) is 5.73 Å². The molecule has 1 atom stereocenters. The van der Waals surface area contributed by atoms with E-state index >= 15 is 0 Å². The Morgan fingerprint density at radius 1 is 1.12 bits per heavy atom. The highest BCUT2D eigenvalue weighted by Gasteiger charge is 2.36. The number of hydrogen-bond acceptors (Lipinski definition) is 2. The van der Waals surface area contributed by atoms with Gasteiger partial charge in [-0.3, -0.25) is 4.98 Å². The van der Waals surface area contributed by atoms with Crippen molar-refractivity contribution in [3.63, 3.8) is 0 Å². The largest absolute Gasteiger partial charge is 0.318 e. The van der Waals surface area contributed by atoms with Crippen molar-refractivity contribution in [3.8, 4) is 0 Å². The van der Waals surface area contributed by atoms with Crippen LogP contribution in [0, 0.1) is 0 Å². The van der Waals surface area contributed by atoms with Crippen LogP contribution in [0.4, 0.5) is 0 Å². The number of pyridine rings is 1. The lowest BCUT2D eigenvalue weighted by atomic mass is 9.86. The molecular formula is C14H14N2. The summed E-state index contributed by atoms with van der Waals surface area (Å²) in [4.78, 5) is 4.17. The number of aromatic nitrogens is 1. The second-order valence-electron chi connectivity index (χ2n) is 4.37. The second-order valence-corrected chi connectivity index (χ2v) is 4.37. The second kappa shape index (κ2) is 3.42. The minimum absolute atomic E-state index is 0.342. The van der Waals surface area contributed by atoms with Crippen molar-refractivity contribution in [1.29, 1.82) is 0 Å². The minimum atomic E-state index is -0.342. The van der Waals surface area contributed by atoms with Crippen LogP contribution in [0.15, 0.2) is 48.8 Å². The maximum Gasteiger partial charge on any atom is 0.0686 e. The van der Waals surface area contributed by atoms with E-state index in [1.54, 1.807) is 6.20 Å². The summed E-state index contributed by atoms with van der Waals surface area (Å²) < 4.78 is 0. The average molecular weight is 210 g/mol. The molecule has 1 aromatic heterocycles. The average Bonchev–Trinajstić information content (AvgIpc) is 2.71. The Bertz CT molecular complexity index is 507. The molecule has 16 heavy (non-hydrogen) atoms. The van der Waals surface area contributed by atoms with E-state index in [0.717, 1.165) is 18.4 Å². The number of nitrogens with zero attached hydrogens (tertiary/aromatic N) is 1. The fourth-order valence-corrected chi connectivity index (χ4v) is 2.57. The van der Waals surface area contributed by atoms with Gasteiger partial charge in [0.1, 0.15) is 0 Å². The molecule has 0 aliphatic heterocycles. The molecule has 2 heteroatoms. The van der Waals surface area contributed by atoms with Crippen LogP contribution in [0.25, 0.3) is 0 Å². The summed E-state index contributed by atoms with van der Waals surface area (Å²) in [6.45, 7) is 0. The van der Waals surface area contributed by atoms with Crippen LogP contribution in [0.2, 0.25) is 0 Å². The third-order valence-corrected chi connectivity index (χ3v) is 3.46. The molecule has 1 aliphatic carbocycles. The lowest BCUT2D eigenvalue weighted by Gasteiger charge is -2.25. The summed E-state index contributed by atoms with van der Waals surface area (Å²) in [5.41, 5.74) is 9.94. The van der Waals surface area contributed by atoms with Gasteiger partial charge in [-0.05, 0) is 35.6 Å². The molecule has 1 heterocycles. The highest BCUT2D eigenvalue weighted by molar-refractivity contribution is 5.45.